The van der Waals surface area contributed by atoms with Gasteiger partial charge in [0, 0.05) is 34.7 Å². The molecule has 1 atom stereocenters. The molecule has 1 aromatic heterocycles. The van der Waals surface area contributed by atoms with E-state index in [2.05, 4.69) is 9.88 Å². The molecule has 1 saturated heterocycles. The zero-order chi connectivity index (χ0) is 20.1. The minimum atomic E-state index is -0.437. The van der Waals surface area contributed by atoms with E-state index in [9.17, 15) is 9.59 Å². The molecule has 0 unspecified atom stereocenters. The number of hydrogen-bond donors (Lipinski definition) is 1. The maximum Gasteiger partial charge on any atom is 0.251 e. The van der Waals surface area contributed by atoms with Crippen molar-refractivity contribution in [1.29, 1.82) is 0 Å². The number of hydrogen-bond acceptors (Lipinski definition) is 4. The Hall–Kier alpha value is -2.83. The number of carbonyl (C=O) groups is 2. The SMILES string of the molecule is COc1ccc(N2C(=O)C[C@H](N3CCc4c([nH]c5ccc(Cl)cc45)C3)C2=O)cc1. The molecule has 29 heavy (non-hydrogen) atoms. The Balaban J connectivity index is 1.40. The van der Waals surface area contributed by atoms with Crippen molar-refractivity contribution < 1.29 is 14.3 Å². The zero-order valence-corrected chi connectivity index (χ0v) is 16.7. The summed E-state index contributed by atoms with van der Waals surface area (Å²) in [4.78, 5) is 32.6. The molecule has 3 heterocycles. The lowest BCUT2D eigenvalue weighted by Gasteiger charge is -2.30. The Morgan fingerprint density at radius 3 is 2.69 bits per heavy atom. The van der Waals surface area contributed by atoms with Crippen molar-refractivity contribution in [1.82, 2.24) is 9.88 Å². The monoisotopic (exact) mass is 409 g/mol. The van der Waals surface area contributed by atoms with Crippen LogP contribution in [0.1, 0.15) is 17.7 Å². The van der Waals surface area contributed by atoms with Crippen LogP contribution < -0.4 is 9.64 Å². The summed E-state index contributed by atoms with van der Waals surface area (Å²) in [5.74, 6) is 0.356. The summed E-state index contributed by atoms with van der Waals surface area (Å²) in [5, 5.41) is 1.86. The second-order valence-corrected chi connectivity index (χ2v) is 7.91. The van der Waals surface area contributed by atoms with Gasteiger partial charge in [0.05, 0.1) is 25.3 Å². The molecule has 3 aromatic rings. The highest BCUT2D eigenvalue weighted by Crippen LogP contribution is 2.33. The largest absolute Gasteiger partial charge is 0.497 e. The lowest BCUT2D eigenvalue weighted by atomic mass is 10.0. The third-order valence-corrected chi connectivity index (χ3v) is 6.10. The van der Waals surface area contributed by atoms with E-state index in [-0.39, 0.29) is 18.2 Å². The fourth-order valence-electron chi connectivity index (χ4n) is 4.40. The Kier molecular flexibility index (Phi) is 4.33. The van der Waals surface area contributed by atoms with Gasteiger partial charge in [-0.1, -0.05) is 11.6 Å². The smallest absolute Gasteiger partial charge is 0.251 e. The van der Waals surface area contributed by atoms with Crippen molar-refractivity contribution in [2.75, 3.05) is 18.6 Å². The first-order chi connectivity index (χ1) is 14.0. The number of H-pyrrole nitrogens is 1. The van der Waals surface area contributed by atoms with E-state index in [1.807, 2.05) is 18.2 Å². The molecule has 0 radical (unpaired) electrons. The molecule has 148 valence electrons. The molecule has 2 amide bonds. The maximum atomic E-state index is 13.1. The number of imide groups is 1. The highest BCUT2D eigenvalue weighted by molar-refractivity contribution is 6.31. The van der Waals surface area contributed by atoms with Crippen molar-refractivity contribution in [2.45, 2.75) is 25.4 Å². The summed E-state index contributed by atoms with van der Waals surface area (Å²) in [7, 11) is 1.58. The molecule has 0 aliphatic carbocycles. The van der Waals surface area contributed by atoms with Crippen LogP contribution in [0.15, 0.2) is 42.5 Å². The third-order valence-electron chi connectivity index (χ3n) is 5.86. The van der Waals surface area contributed by atoms with Gasteiger partial charge in [-0.05, 0) is 54.4 Å². The normalized spacial score (nSPS) is 19.8. The van der Waals surface area contributed by atoms with Crippen molar-refractivity contribution >= 4 is 40.0 Å². The van der Waals surface area contributed by atoms with Crippen LogP contribution in [0.25, 0.3) is 10.9 Å². The van der Waals surface area contributed by atoms with Gasteiger partial charge >= 0.3 is 0 Å². The van der Waals surface area contributed by atoms with Crippen LogP contribution in [0.4, 0.5) is 5.69 Å². The molecule has 0 bridgehead atoms. The molecule has 2 aliphatic heterocycles. The second-order valence-electron chi connectivity index (χ2n) is 7.48. The first-order valence-electron chi connectivity index (χ1n) is 9.59. The van der Waals surface area contributed by atoms with Gasteiger partial charge in [-0.2, -0.15) is 0 Å². The molecule has 2 aliphatic rings. The molecule has 2 aromatic carbocycles. The Bertz CT molecular complexity index is 1120. The van der Waals surface area contributed by atoms with Crippen LogP contribution in [0.3, 0.4) is 0 Å². The van der Waals surface area contributed by atoms with Gasteiger partial charge in [0.25, 0.3) is 5.91 Å². The summed E-state index contributed by atoms with van der Waals surface area (Å²) >= 11 is 6.16. The number of carbonyl (C=O) groups excluding carboxylic acids is 2. The van der Waals surface area contributed by atoms with Crippen LogP contribution in [-0.4, -0.2) is 41.4 Å². The third kappa shape index (κ3) is 2.99. The molecule has 0 saturated carbocycles. The fourth-order valence-corrected chi connectivity index (χ4v) is 4.58. The zero-order valence-electron chi connectivity index (χ0n) is 15.9. The quantitative estimate of drug-likeness (QED) is 0.672. The van der Waals surface area contributed by atoms with E-state index in [0.29, 0.717) is 23.0 Å². The van der Waals surface area contributed by atoms with Crippen LogP contribution in [-0.2, 0) is 22.6 Å². The van der Waals surface area contributed by atoms with Crippen molar-refractivity contribution in [3.05, 3.63) is 58.7 Å². The average Bonchev–Trinajstić information content (AvgIpc) is 3.24. The highest BCUT2D eigenvalue weighted by Gasteiger charge is 2.43. The molecule has 5 rings (SSSR count). The van der Waals surface area contributed by atoms with Gasteiger partial charge < -0.3 is 9.72 Å². The summed E-state index contributed by atoms with van der Waals surface area (Å²) in [6, 6.07) is 12.4. The number of rotatable bonds is 3. The number of aromatic nitrogens is 1. The lowest BCUT2D eigenvalue weighted by molar-refractivity contribution is -0.123. The Morgan fingerprint density at radius 1 is 1.14 bits per heavy atom. The Morgan fingerprint density at radius 2 is 1.93 bits per heavy atom. The first kappa shape index (κ1) is 18.2. The van der Waals surface area contributed by atoms with Crippen LogP contribution in [0, 0.1) is 0 Å². The molecule has 6 nitrogen and oxygen atoms in total. The standard InChI is InChI=1S/C22H20ClN3O3/c1-29-15-5-3-14(4-6-15)26-21(27)11-20(22(26)28)25-9-8-16-17-10-13(23)2-7-18(17)24-19(16)12-25/h2-7,10,20,24H,8-9,11-12H2,1H3/t20-/m0/s1. The van der Waals surface area contributed by atoms with E-state index in [1.165, 1.54) is 10.5 Å². The second kappa shape index (κ2) is 6.90. The van der Waals surface area contributed by atoms with Crippen molar-refractivity contribution in [3.63, 3.8) is 0 Å². The van der Waals surface area contributed by atoms with Crippen LogP contribution in [0.2, 0.25) is 5.02 Å². The number of ether oxygens (including phenoxy) is 1. The number of nitrogens with zero attached hydrogens (tertiary/aromatic N) is 2. The first-order valence-corrected chi connectivity index (χ1v) is 9.97. The van der Waals surface area contributed by atoms with Crippen molar-refractivity contribution in [2.24, 2.45) is 0 Å². The van der Waals surface area contributed by atoms with E-state index in [1.54, 1.807) is 31.4 Å². The highest BCUT2D eigenvalue weighted by atomic mass is 35.5. The topological polar surface area (TPSA) is 65.6 Å². The molecule has 1 N–H and O–H groups in total. The predicted molar refractivity (Wildman–Crippen MR) is 111 cm³/mol. The Labute approximate surface area is 173 Å². The minimum absolute atomic E-state index is 0.164. The number of amides is 2. The minimum Gasteiger partial charge on any atom is -0.497 e. The van der Waals surface area contributed by atoms with E-state index < -0.39 is 6.04 Å². The molecular weight excluding hydrogens is 390 g/mol. The number of halogens is 1. The average molecular weight is 410 g/mol. The number of nitrogens with one attached hydrogen (secondary N) is 1. The summed E-state index contributed by atoms with van der Waals surface area (Å²) in [6.07, 6.45) is 1.02. The number of benzene rings is 2. The van der Waals surface area contributed by atoms with Gasteiger partial charge in [-0.25, -0.2) is 4.90 Å². The van der Waals surface area contributed by atoms with Gasteiger partial charge in [0.1, 0.15) is 5.75 Å². The van der Waals surface area contributed by atoms with Gasteiger partial charge in [0.15, 0.2) is 0 Å². The van der Waals surface area contributed by atoms with E-state index in [4.69, 9.17) is 16.3 Å². The van der Waals surface area contributed by atoms with E-state index in [0.717, 1.165) is 29.6 Å². The molecular formula is C22H20ClN3O3. The predicted octanol–water partition coefficient (Wildman–Crippen LogP) is 3.52. The lowest BCUT2D eigenvalue weighted by Crippen LogP contribution is -2.44. The number of anilines is 1. The van der Waals surface area contributed by atoms with Gasteiger partial charge in [-0.3, -0.25) is 14.5 Å². The van der Waals surface area contributed by atoms with Crippen LogP contribution in [0.5, 0.6) is 5.75 Å². The summed E-state index contributed by atoms with van der Waals surface area (Å²) in [6.45, 7) is 1.34. The van der Waals surface area contributed by atoms with Gasteiger partial charge in [0.2, 0.25) is 5.91 Å². The van der Waals surface area contributed by atoms with Crippen molar-refractivity contribution in [3.8, 4) is 5.75 Å². The van der Waals surface area contributed by atoms with Gasteiger partial charge in [-0.15, -0.1) is 0 Å². The summed E-state index contributed by atoms with van der Waals surface area (Å²) < 4.78 is 5.16. The number of aromatic amines is 1. The summed E-state index contributed by atoms with van der Waals surface area (Å²) in [5.41, 5.74) is 3.98. The molecule has 0 spiro atoms. The fraction of sp³-hybridized carbons (Fsp3) is 0.273. The van der Waals surface area contributed by atoms with E-state index >= 15 is 0 Å². The van der Waals surface area contributed by atoms with Crippen LogP contribution >= 0.6 is 11.6 Å². The molecule has 1 fully saturated rings. The number of fused-ring (bicyclic) bond motifs is 3. The number of methoxy groups -OCH3 is 1. The molecule has 7 heteroatoms. The maximum absolute atomic E-state index is 13.1.